The van der Waals surface area contributed by atoms with E-state index in [0.29, 0.717) is 5.41 Å². The van der Waals surface area contributed by atoms with Crippen LogP contribution in [0.4, 0.5) is 0 Å². The Bertz CT molecular complexity index is 413. The minimum Gasteiger partial charge on any atom is -0.312 e. The van der Waals surface area contributed by atoms with Crippen molar-refractivity contribution in [2.75, 3.05) is 6.54 Å². The van der Waals surface area contributed by atoms with Crippen molar-refractivity contribution in [3.63, 3.8) is 0 Å². The van der Waals surface area contributed by atoms with Gasteiger partial charge in [-0.2, -0.15) is 0 Å². The van der Waals surface area contributed by atoms with Crippen molar-refractivity contribution >= 4 is 27.3 Å². The number of aryl methyl sites for hydroxylation is 1. The average molecular weight is 358 g/mol. The predicted molar refractivity (Wildman–Crippen MR) is 93.6 cm³/mol. The number of nitrogens with one attached hydrogen (secondary N) is 1. The van der Waals surface area contributed by atoms with E-state index in [1.54, 1.807) is 0 Å². The lowest BCUT2D eigenvalue weighted by atomic mass is 9.78. The molecule has 1 N–H and O–H groups in total. The molecule has 1 fully saturated rings. The van der Waals surface area contributed by atoms with Gasteiger partial charge in [0.15, 0.2) is 0 Å². The second-order valence-corrected chi connectivity index (χ2v) is 9.89. The van der Waals surface area contributed by atoms with E-state index in [1.807, 2.05) is 11.3 Å². The second-order valence-electron chi connectivity index (χ2n) is 7.34. The molecular weight excluding hydrogens is 330 g/mol. The number of halogens is 1. The van der Waals surface area contributed by atoms with Crippen LogP contribution in [-0.2, 0) is 6.42 Å². The van der Waals surface area contributed by atoms with E-state index in [9.17, 15) is 0 Å². The van der Waals surface area contributed by atoms with Gasteiger partial charge >= 0.3 is 0 Å². The van der Waals surface area contributed by atoms with Gasteiger partial charge in [0.05, 0.1) is 3.79 Å². The summed E-state index contributed by atoms with van der Waals surface area (Å²) in [5.74, 6) is 0. The van der Waals surface area contributed by atoms with Gasteiger partial charge in [0.1, 0.15) is 0 Å². The molecule has 0 aliphatic heterocycles. The molecule has 1 nitrogen and oxygen atoms in total. The summed E-state index contributed by atoms with van der Waals surface area (Å²) in [6.45, 7) is 7.95. The Labute approximate surface area is 136 Å². The highest BCUT2D eigenvalue weighted by atomic mass is 79.9. The Morgan fingerprint density at radius 2 is 1.90 bits per heavy atom. The highest BCUT2D eigenvalue weighted by Crippen LogP contribution is 2.45. The summed E-state index contributed by atoms with van der Waals surface area (Å²) in [5.41, 5.74) is 0.854. The van der Waals surface area contributed by atoms with E-state index in [2.05, 4.69) is 54.2 Å². The predicted octanol–water partition coefficient (Wildman–Crippen LogP) is 5.78. The summed E-state index contributed by atoms with van der Waals surface area (Å²) in [5, 5.41) is 3.67. The maximum Gasteiger partial charge on any atom is 0.0701 e. The molecule has 0 spiro atoms. The smallest absolute Gasteiger partial charge is 0.0701 e. The van der Waals surface area contributed by atoms with Gasteiger partial charge in [0.2, 0.25) is 0 Å². The van der Waals surface area contributed by atoms with E-state index >= 15 is 0 Å². The van der Waals surface area contributed by atoms with Crippen molar-refractivity contribution < 1.29 is 0 Å². The minimum absolute atomic E-state index is 0.248. The summed E-state index contributed by atoms with van der Waals surface area (Å²) in [4.78, 5) is 1.53. The molecule has 0 amide bonds. The lowest BCUT2D eigenvalue weighted by Gasteiger charge is -2.31. The monoisotopic (exact) mass is 357 g/mol. The molecule has 2 rings (SSSR count). The molecule has 1 heterocycles. The standard InChI is InChI=1S/C17H28BrNS/c1-16(2,3)19-13-12-17(9-4-5-10-17)11-8-14-6-7-15(18)20-14/h6-7,19H,4-5,8-13H2,1-3H3. The van der Waals surface area contributed by atoms with Gasteiger partial charge in [-0.05, 0) is 92.9 Å². The summed E-state index contributed by atoms with van der Waals surface area (Å²) >= 11 is 5.47. The molecule has 1 aromatic rings. The largest absolute Gasteiger partial charge is 0.312 e. The van der Waals surface area contributed by atoms with Gasteiger partial charge in [-0.25, -0.2) is 0 Å². The van der Waals surface area contributed by atoms with Crippen LogP contribution in [0.3, 0.4) is 0 Å². The molecule has 20 heavy (non-hydrogen) atoms. The van der Waals surface area contributed by atoms with Crippen LogP contribution < -0.4 is 5.32 Å². The molecule has 1 aliphatic rings. The van der Waals surface area contributed by atoms with Crippen molar-refractivity contribution in [1.29, 1.82) is 0 Å². The fourth-order valence-electron chi connectivity index (χ4n) is 3.33. The maximum atomic E-state index is 3.67. The summed E-state index contributed by atoms with van der Waals surface area (Å²) in [7, 11) is 0. The molecule has 0 radical (unpaired) electrons. The summed E-state index contributed by atoms with van der Waals surface area (Å²) < 4.78 is 1.27. The van der Waals surface area contributed by atoms with Gasteiger partial charge in [-0.1, -0.05) is 12.8 Å². The van der Waals surface area contributed by atoms with E-state index in [-0.39, 0.29) is 5.54 Å². The van der Waals surface area contributed by atoms with Gasteiger partial charge < -0.3 is 5.32 Å². The average Bonchev–Trinajstić information content (AvgIpc) is 2.95. The first-order chi connectivity index (χ1) is 9.39. The first kappa shape index (κ1) is 16.5. The van der Waals surface area contributed by atoms with Crippen LogP contribution in [0.25, 0.3) is 0 Å². The van der Waals surface area contributed by atoms with E-state index in [4.69, 9.17) is 0 Å². The Balaban J connectivity index is 1.85. The van der Waals surface area contributed by atoms with Crippen LogP contribution in [0, 0.1) is 5.41 Å². The van der Waals surface area contributed by atoms with E-state index in [0.717, 1.165) is 6.54 Å². The van der Waals surface area contributed by atoms with Crippen molar-refractivity contribution in [1.82, 2.24) is 5.32 Å². The van der Waals surface area contributed by atoms with E-state index < -0.39 is 0 Å². The Morgan fingerprint density at radius 3 is 2.45 bits per heavy atom. The molecule has 0 atom stereocenters. The lowest BCUT2D eigenvalue weighted by Crippen LogP contribution is -2.38. The third-order valence-electron chi connectivity index (χ3n) is 4.51. The third-order valence-corrected chi connectivity index (χ3v) is 6.19. The van der Waals surface area contributed by atoms with Crippen LogP contribution in [0.15, 0.2) is 15.9 Å². The van der Waals surface area contributed by atoms with Gasteiger partial charge in [-0.15, -0.1) is 11.3 Å². The van der Waals surface area contributed by atoms with Crippen molar-refractivity contribution in [3.05, 3.63) is 20.8 Å². The SMILES string of the molecule is CC(C)(C)NCCC1(CCc2ccc(Br)s2)CCCC1. The molecule has 0 bridgehead atoms. The van der Waals surface area contributed by atoms with Crippen molar-refractivity contribution in [2.45, 2.75) is 71.3 Å². The Kier molecular flexibility index (Phi) is 5.72. The second kappa shape index (κ2) is 6.93. The highest BCUT2D eigenvalue weighted by molar-refractivity contribution is 9.11. The first-order valence-corrected chi connectivity index (χ1v) is 9.49. The third kappa shape index (κ3) is 5.16. The van der Waals surface area contributed by atoms with E-state index in [1.165, 1.54) is 53.6 Å². The van der Waals surface area contributed by atoms with Gasteiger partial charge in [0.25, 0.3) is 0 Å². The summed E-state index contributed by atoms with van der Waals surface area (Å²) in [6.07, 6.45) is 9.71. The fraction of sp³-hybridized carbons (Fsp3) is 0.765. The topological polar surface area (TPSA) is 12.0 Å². The molecule has 1 saturated carbocycles. The van der Waals surface area contributed by atoms with Gasteiger partial charge in [-0.3, -0.25) is 0 Å². The molecule has 114 valence electrons. The summed E-state index contributed by atoms with van der Waals surface area (Å²) in [6, 6.07) is 4.47. The Morgan fingerprint density at radius 1 is 1.20 bits per heavy atom. The van der Waals surface area contributed by atoms with Gasteiger partial charge in [0, 0.05) is 10.4 Å². The molecule has 3 heteroatoms. The highest BCUT2D eigenvalue weighted by Gasteiger charge is 2.33. The zero-order valence-corrected chi connectivity index (χ0v) is 15.5. The molecular formula is C17H28BrNS. The van der Waals surface area contributed by atoms with Crippen molar-refractivity contribution in [3.8, 4) is 0 Å². The number of thiophene rings is 1. The molecule has 0 unspecified atom stereocenters. The normalized spacial score (nSPS) is 18.6. The van der Waals surface area contributed by atoms with Crippen LogP contribution in [0.1, 0.15) is 64.2 Å². The van der Waals surface area contributed by atoms with Crippen LogP contribution in [0.5, 0.6) is 0 Å². The molecule has 1 aromatic heterocycles. The van der Waals surface area contributed by atoms with Crippen LogP contribution in [0.2, 0.25) is 0 Å². The maximum absolute atomic E-state index is 3.67. The first-order valence-electron chi connectivity index (χ1n) is 7.88. The van der Waals surface area contributed by atoms with Crippen molar-refractivity contribution in [2.24, 2.45) is 5.41 Å². The quantitative estimate of drug-likeness (QED) is 0.679. The minimum atomic E-state index is 0.248. The lowest BCUT2D eigenvalue weighted by molar-refractivity contribution is 0.235. The number of hydrogen-bond donors (Lipinski definition) is 1. The van der Waals surface area contributed by atoms with Crippen LogP contribution >= 0.6 is 27.3 Å². The number of rotatable bonds is 6. The zero-order valence-electron chi connectivity index (χ0n) is 13.1. The fourth-order valence-corrected chi connectivity index (χ4v) is 4.81. The number of hydrogen-bond acceptors (Lipinski definition) is 2. The molecule has 0 aromatic carbocycles. The molecule has 0 saturated heterocycles. The Hall–Kier alpha value is 0.140. The molecule has 1 aliphatic carbocycles. The van der Waals surface area contributed by atoms with Crippen LogP contribution in [-0.4, -0.2) is 12.1 Å². The zero-order chi connectivity index (χ0) is 14.6.